The van der Waals surface area contributed by atoms with Crippen molar-refractivity contribution >= 4 is 31.6 Å². The molecule has 8 nitrogen and oxygen atoms in total. The van der Waals surface area contributed by atoms with E-state index in [0.717, 1.165) is 0 Å². The molecule has 2 aromatic carbocycles. The van der Waals surface area contributed by atoms with Crippen LogP contribution in [0, 0.1) is 6.92 Å². The molecule has 3 N–H and O–H groups in total. The number of amides is 1. The molecule has 0 fully saturated rings. The van der Waals surface area contributed by atoms with Gasteiger partial charge >= 0.3 is 0 Å². The maximum Gasteiger partial charge on any atom is 0.255 e. The first kappa shape index (κ1) is 23.0. The normalized spacial score (nSPS) is 12.6. The van der Waals surface area contributed by atoms with Crippen LogP contribution < -0.4 is 14.8 Å². The molecular formula is C19H25N3O5S2. The van der Waals surface area contributed by atoms with Crippen molar-refractivity contribution in [2.75, 3.05) is 12.4 Å². The topological polar surface area (TPSA) is 121 Å². The molecule has 29 heavy (non-hydrogen) atoms. The second kappa shape index (κ2) is 8.23. The molecule has 0 saturated heterocycles. The van der Waals surface area contributed by atoms with E-state index < -0.39 is 31.5 Å². The zero-order chi connectivity index (χ0) is 22.0. The van der Waals surface area contributed by atoms with E-state index in [-0.39, 0.29) is 15.4 Å². The summed E-state index contributed by atoms with van der Waals surface area (Å²) in [6, 6.07) is 10.0. The number of carbonyl (C=O) groups is 1. The lowest BCUT2D eigenvalue weighted by atomic mass is 10.1. The standard InChI is InChI=1S/C19H25N3O5S2/c1-13-6-9-15(12-17(13)29(26,27)20-5)21-18(23)14-7-10-16(11-8-14)28(24,25)22-19(2,3)4/h6-12,20,22H,1-5H3,(H,21,23). The van der Waals surface area contributed by atoms with Crippen LogP contribution in [0.5, 0.6) is 0 Å². The van der Waals surface area contributed by atoms with Gasteiger partial charge in [0.25, 0.3) is 5.91 Å². The molecule has 10 heteroatoms. The summed E-state index contributed by atoms with van der Waals surface area (Å²) >= 11 is 0. The third-order valence-corrected chi connectivity index (χ3v) is 7.20. The van der Waals surface area contributed by atoms with Gasteiger partial charge in [-0.25, -0.2) is 26.3 Å². The Bertz CT molecular complexity index is 1120. The number of aryl methyl sites for hydroxylation is 1. The summed E-state index contributed by atoms with van der Waals surface area (Å²) in [5, 5.41) is 2.62. The lowest BCUT2D eigenvalue weighted by molar-refractivity contribution is 0.102. The highest BCUT2D eigenvalue weighted by molar-refractivity contribution is 7.89. The average Bonchev–Trinajstić information content (AvgIpc) is 2.61. The predicted octanol–water partition coefficient (Wildman–Crippen LogP) is 2.23. The third-order valence-electron chi connectivity index (χ3n) is 3.87. The largest absolute Gasteiger partial charge is 0.322 e. The second-order valence-corrected chi connectivity index (χ2v) is 11.1. The number of nitrogens with one attached hydrogen (secondary N) is 3. The molecule has 0 atom stereocenters. The Hall–Kier alpha value is -2.27. The number of sulfonamides is 2. The van der Waals surface area contributed by atoms with E-state index in [4.69, 9.17) is 0 Å². The van der Waals surface area contributed by atoms with E-state index in [1.165, 1.54) is 37.4 Å². The molecule has 0 saturated carbocycles. The first-order chi connectivity index (χ1) is 13.2. The van der Waals surface area contributed by atoms with Gasteiger partial charge in [-0.1, -0.05) is 6.07 Å². The molecule has 0 aliphatic heterocycles. The van der Waals surface area contributed by atoms with Gasteiger partial charge in [0.2, 0.25) is 20.0 Å². The second-order valence-electron chi connectivity index (χ2n) is 7.52. The van der Waals surface area contributed by atoms with Crippen LogP contribution >= 0.6 is 0 Å². The summed E-state index contributed by atoms with van der Waals surface area (Å²) < 4.78 is 53.6. The van der Waals surface area contributed by atoms with E-state index in [2.05, 4.69) is 14.8 Å². The molecule has 0 bridgehead atoms. The van der Waals surface area contributed by atoms with Crippen LogP contribution in [0.25, 0.3) is 0 Å². The first-order valence-corrected chi connectivity index (χ1v) is 11.7. The van der Waals surface area contributed by atoms with Crippen molar-refractivity contribution in [3.8, 4) is 0 Å². The molecule has 2 aromatic rings. The Labute approximate surface area is 171 Å². The van der Waals surface area contributed by atoms with Crippen molar-refractivity contribution in [2.45, 2.75) is 43.0 Å². The van der Waals surface area contributed by atoms with E-state index in [0.29, 0.717) is 11.3 Å². The number of hydrogen-bond donors (Lipinski definition) is 3. The molecular weight excluding hydrogens is 414 g/mol. The van der Waals surface area contributed by atoms with Crippen LogP contribution in [0.3, 0.4) is 0 Å². The SMILES string of the molecule is CNS(=O)(=O)c1cc(NC(=O)c2ccc(S(=O)(=O)NC(C)(C)C)cc2)ccc1C. The summed E-state index contributed by atoms with van der Waals surface area (Å²) in [5.41, 5.74) is 0.447. The predicted molar refractivity (Wildman–Crippen MR) is 112 cm³/mol. The van der Waals surface area contributed by atoms with Crippen molar-refractivity contribution in [3.63, 3.8) is 0 Å². The Morgan fingerprint density at radius 3 is 2.00 bits per heavy atom. The Balaban J connectivity index is 2.24. The molecule has 2 rings (SSSR count). The van der Waals surface area contributed by atoms with Gasteiger partial charge in [0.15, 0.2) is 0 Å². The lowest BCUT2D eigenvalue weighted by Gasteiger charge is -2.20. The van der Waals surface area contributed by atoms with Gasteiger partial charge in [0.1, 0.15) is 0 Å². The van der Waals surface area contributed by atoms with E-state index in [1.54, 1.807) is 39.8 Å². The molecule has 0 aliphatic carbocycles. The summed E-state index contributed by atoms with van der Waals surface area (Å²) in [5.74, 6) is -0.491. The fourth-order valence-electron chi connectivity index (χ4n) is 2.53. The summed E-state index contributed by atoms with van der Waals surface area (Å²) in [7, 11) is -6.06. The van der Waals surface area contributed by atoms with E-state index >= 15 is 0 Å². The molecule has 0 aromatic heterocycles. The fraction of sp³-hybridized carbons (Fsp3) is 0.316. The van der Waals surface area contributed by atoms with Crippen molar-refractivity contribution in [1.29, 1.82) is 0 Å². The van der Waals surface area contributed by atoms with Gasteiger partial charge in [-0.2, -0.15) is 0 Å². The minimum Gasteiger partial charge on any atom is -0.322 e. The van der Waals surface area contributed by atoms with Gasteiger partial charge in [-0.05, 0) is 76.7 Å². The third kappa shape index (κ3) is 5.86. The molecule has 0 radical (unpaired) electrons. The van der Waals surface area contributed by atoms with Crippen LogP contribution in [0.2, 0.25) is 0 Å². The highest BCUT2D eigenvalue weighted by Gasteiger charge is 2.22. The molecule has 158 valence electrons. The van der Waals surface area contributed by atoms with E-state index in [1.807, 2.05) is 0 Å². The van der Waals surface area contributed by atoms with Crippen molar-refractivity contribution < 1.29 is 21.6 Å². The Morgan fingerprint density at radius 2 is 1.48 bits per heavy atom. The minimum atomic E-state index is -3.70. The molecule has 0 unspecified atom stereocenters. The van der Waals surface area contributed by atoms with Crippen LogP contribution in [-0.2, 0) is 20.0 Å². The van der Waals surface area contributed by atoms with Crippen molar-refractivity contribution in [1.82, 2.24) is 9.44 Å². The maximum absolute atomic E-state index is 12.5. The van der Waals surface area contributed by atoms with Gasteiger partial charge in [0.05, 0.1) is 9.79 Å². The summed E-state index contributed by atoms with van der Waals surface area (Å²) in [4.78, 5) is 12.6. The zero-order valence-electron chi connectivity index (χ0n) is 16.9. The van der Waals surface area contributed by atoms with E-state index in [9.17, 15) is 21.6 Å². The van der Waals surface area contributed by atoms with Gasteiger partial charge in [-0.15, -0.1) is 0 Å². The minimum absolute atomic E-state index is 0.0433. The summed E-state index contributed by atoms with van der Waals surface area (Å²) in [6.45, 7) is 6.85. The highest BCUT2D eigenvalue weighted by atomic mass is 32.2. The van der Waals surface area contributed by atoms with Gasteiger partial charge < -0.3 is 5.32 Å². The number of benzene rings is 2. The number of anilines is 1. The van der Waals surface area contributed by atoms with Crippen LogP contribution in [-0.4, -0.2) is 35.3 Å². The summed E-state index contributed by atoms with van der Waals surface area (Å²) in [6.07, 6.45) is 0. The van der Waals surface area contributed by atoms with Crippen LogP contribution in [0.15, 0.2) is 52.3 Å². The van der Waals surface area contributed by atoms with Crippen LogP contribution in [0.4, 0.5) is 5.69 Å². The zero-order valence-corrected chi connectivity index (χ0v) is 18.5. The number of hydrogen-bond acceptors (Lipinski definition) is 5. The number of rotatable bonds is 6. The Kier molecular flexibility index (Phi) is 6.53. The van der Waals surface area contributed by atoms with Gasteiger partial charge in [0, 0.05) is 16.8 Å². The number of carbonyl (C=O) groups excluding carboxylic acids is 1. The highest BCUT2D eigenvalue weighted by Crippen LogP contribution is 2.21. The maximum atomic E-state index is 12.5. The lowest BCUT2D eigenvalue weighted by Crippen LogP contribution is -2.40. The van der Waals surface area contributed by atoms with Gasteiger partial charge in [-0.3, -0.25) is 4.79 Å². The molecule has 0 aliphatic rings. The van der Waals surface area contributed by atoms with Crippen molar-refractivity contribution in [2.24, 2.45) is 0 Å². The van der Waals surface area contributed by atoms with Crippen molar-refractivity contribution in [3.05, 3.63) is 53.6 Å². The monoisotopic (exact) mass is 439 g/mol. The molecule has 0 heterocycles. The van der Waals surface area contributed by atoms with Crippen LogP contribution in [0.1, 0.15) is 36.7 Å². The molecule has 1 amide bonds. The first-order valence-electron chi connectivity index (χ1n) is 8.75. The smallest absolute Gasteiger partial charge is 0.255 e. The Morgan fingerprint density at radius 1 is 0.897 bits per heavy atom. The fourth-order valence-corrected chi connectivity index (χ4v) is 4.94. The average molecular weight is 440 g/mol. The molecule has 0 spiro atoms. The quantitative estimate of drug-likeness (QED) is 0.637.